The summed E-state index contributed by atoms with van der Waals surface area (Å²) in [6.45, 7) is 18.5. The Balaban J connectivity index is 4.99. The number of carbonyl (C=O) groups is 3. The molecule has 0 heterocycles. The van der Waals surface area contributed by atoms with Crippen molar-refractivity contribution in [2.24, 2.45) is 5.41 Å². The van der Waals surface area contributed by atoms with Gasteiger partial charge in [-0.1, -0.05) is 26.7 Å². The lowest BCUT2D eigenvalue weighted by atomic mass is 9.87. The molecule has 0 bridgehead atoms. The molecular weight excluding hydrogens is 432 g/mol. The molecule has 3 unspecified atom stereocenters. The standard InChI is InChI=1S/C24H38O9/c1-8-21(25)29-13-18(5)31-16-24(11-4,15-28-12-20(7)33-23(27)10-3)17-32-19(6)14-30-22(26)9-2/h8-10,18-20H,1-3,11-17H2,4-7H3. The fraction of sp³-hybridized carbons (Fsp3) is 0.625. The van der Waals surface area contributed by atoms with Gasteiger partial charge in [0.25, 0.3) is 0 Å². The molecule has 0 saturated carbocycles. The number of esters is 3. The van der Waals surface area contributed by atoms with E-state index in [0.717, 1.165) is 18.2 Å². The molecule has 0 aromatic rings. The minimum Gasteiger partial charge on any atom is -0.460 e. The summed E-state index contributed by atoms with van der Waals surface area (Å²) in [7, 11) is 0. The van der Waals surface area contributed by atoms with Gasteiger partial charge in [0, 0.05) is 23.6 Å². The zero-order chi connectivity index (χ0) is 25.3. The van der Waals surface area contributed by atoms with Gasteiger partial charge in [-0.3, -0.25) is 0 Å². The zero-order valence-corrected chi connectivity index (χ0v) is 20.2. The summed E-state index contributed by atoms with van der Waals surface area (Å²) in [6.07, 6.45) is 2.73. The summed E-state index contributed by atoms with van der Waals surface area (Å²) >= 11 is 0. The topological polar surface area (TPSA) is 107 Å². The second-order valence-corrected chi connectivity index (χ2v) is 7.73. The molecule has 0 aliphatic carbocycles. The van der Waals surface area contributed by atoms with Crippen molar-refractivity contribution in [3.05, 3.63) is 38.0 Å². The molecule has 0 amide bonds. The van der Waals surface area contributed by atoms with Gasteiger partial charge in [0.05, 0.1) is 38.6 Å². The predicted molar refractivity (Wildman–Crippen MR) is 122 cm³/mol. The Labute approximate surface area is 196 Å². The molecule has 0 spiro atoms. The van der Waals surface area contributed by atoms with E-state index in [1.165, 1.54) is 0 Å². The average molecular weight is 471 g/mol. The van der Waals surface area contributed by atoms with Gasteiger partial charge >= 0.3 is 17.9 Å². The summed E-state index contributed by atoms with van der Waals surface area (Å²) in [4.78, 5) is 33.9. The minimum atomic E-state index is -0.546. The van der Waals surface area contributed by atoms with Crippen LogP contribution in [0.25, 0.3) is 0 Å². The van der Waals surface area contributed by atoms with Crippen molar-refractivity contribution in [3.63, 3.8) is 0 Å². The Bertz CT molecular complexity index is 610. The van der Waals surface area contributed by atoms with E-state index in [-0.39, 0.29) is 51.8 Å². The van der Waals surface area contributed by atoms with Crippen LogP contribution in [-0.4, -0.2) is 75.9 Å². The SMILES string of the molecule is C=CC(=O)OCC(C)OCC(CC)(COCC(C)OC(=O)C=C)COC(C)COC(=O)C=C. The van der Waals surface area contributed by atoms with Crippen LogP contribution in [0.15, 0.2) is 38.0 Å². The molecule has 9 nitrogen and oxygen atoms in total. The molecule has 0 fully saturated rings. The molecule has 0 aromatic heterocycles. The summed E-state index contributed by atoms with van der Waals surface area (Å²) in [5, 5.41) is 0. The third-order valence-electron chi connectivity index (χ3n) is 4.60. The first-order valence-corrected chi connectivity index (χ1v) is 10.8. The van der Waals surface area contributed by atoms with E-state index in [1.807, 2.05) is 6.92 Å². The van der Waals surface area contributed by atoms with Crippen molar-refractivity contribution < 1.29 is 42.8 Å². The van der Waals surface area contributed by atoms with E-state index in [0.29, 0.717) is 6.42 Å². The van der Waals surface area contributed by atoms with Gasteiger partial charge < -0.3 is 28.4 Å². The van der Waals surface area contributed by atoms with Crippen LogP contribution in [0.4, 0.5) is 0 Å². The average Bonchev–Trinajstić information content (AvgIpc) is 2.81. The van der Waals surface area contributed by atoms with Crippen LogP contribution in [-0.2, 0) is 42.8 Å². The molecular formula is C24H38O9. The number of hydrogen-bond acceptors (Lipinski definition) is 9. The van der Waals surface area contributed by atoms with Crippen molar-refractivity contribution in [1.82, 2.24) is 0 Å². The first kappa shape index (κ1) is 30.5. The van der Waals surface area contributed by atoms with Crippen molar-refractivity contribution in [3.8, 4) is 0 Å². The third kappa shape index (κ3) is 14.3. The molecule has 9 heteroatoms. The first-order valence-electron chi connectivity index (χ1n) is 10.8. The Hall–Kier alpha value is -2.49. The lowest BCUT2D eigenvalue weighted by molar-refractivity contribution is -0.151. The fourth-order valence-electron chi connectivity index (χ4n) is 2.40. The van der Waals surface area contributed by atoms with E-state index < -0.39 is 29.4 Å². The number of carbonyl (C=O) groups excluding carboxylic acids is 3. The van der Waals surface area contributed by atoms with E-state index >= 15 is 0 Å². The highest BCUT2D eigenvalue weighted by Gasteiger charge is 2.32. The fourth-order valence-corrected chi connectivity index (χ4v) is 2.40. The van der Waals surface area contributed by atoms with Gasteiger partial charge in [-0.2, -0.15) is 0 Å². The molecule has 3 atom stereocenters. The highest BCUT2D eigenvalue weighted by Crippen LogP contribution is 2.25. The van der Waals surface area contributed by atoms with Crippen LogP contribution in [0.1, 0.15) is 34.1 Å². The van der Waals surface area contributed by atoms with Gasteiger partial charge in [-0.25, -0.2) is 14.4 Å². The maximum absolute atomic E-state index is 11.3. The third-order valence-corrected chi connectivity index (χ3v) is 4.60. The van der Waals surface area contributed by atoms with Crippen molar-refractivity contribution in [2.75, 3.05) is 39.6 Å². The smallest absolute Gasteiger partial charge is 0.330 e. The van der Waals surface area contributed by atoms with Crippen LogP contribution in [0, 0.1) is 5.41 Å². The second-order valence-electron chi connectivity index (χ2n) is 7.73. The summed E-state index contributed by atoms with van der Waals surface area (Å²) < 4.78 is 32.8. The molecule has 0 N–H and O–H groups in total. The normalized spacial score (nSPS) is 15.3. The lowest BCUT2D eigenvalue weighted by Crippen LogP contribution is -2.40. The molecule has 0 aliphatic heterocycles. The molecule has 33 heavy (non-hydrogen) atoms. The largest absolute Gasteiger partial charge is 0.460 e. The van der Waals surface area contributed by atoms with Crippen LogP contribution < -0.4 is 0 Å². The Morgan fingerprint density at radius 2 is 1.18 bits per heavy atom. The Morgan fingerprint density at radius 3 is 1.58 bits per heavy atom. The molecule has 0 rings (SSSR count). The quantitative estimate of drug-likeness (QED) is 0.160. The van der Waals surface area contributed by atoms with Gasteiger partial charge in [-0.15, -0.1) is 0 Å². The van der Waals surface area contributed by atoms with Crippen LogP contribution in [0.5, 0.6) is 0 Å². The maximum Gasteiger partial charge on any atom is 0.330 e. The van der Waals surface area contributed by atoms with Gasteiger partial charge in [-0.05, 0) is 27.2 Å². The summed E-state index contributed by atoms with van der Waals surface area (Å²) in [5.41, 5.74) is -0.546. The Kier molecular flexibility index (Phi) is 15.8. The van der Waals surface area contributed by atoms with Crippen molar-refractivity contribution in [2.45, 2.75) is 52.4 Å². The van der Waals surface area contributed by atoms with Crippen molar-refractivity contribution in [1.29, 1.82) is 0 Å². The van der Waals surface area contributed by atoms with Gasteiger partial charge in [0.2, 0.25) is 0 Å². The second kappa shape index (κ2) is 17.0. The maximum atomic E-state index is 11.3. The highest BCUT2D eigenvalue weighted by molar-refractivity contribution is 5.81. The van der Waals surface area contributed by atoms with Crippen LogP contribution in [0.2, 0.25) is 0 Å². The van der Waals surface area contributed by atoms with Crippen molar-refractivity contribution >= 4 is 17.9 Å². The van der Waals surface area contributed by atoms with E-state index in [4.69, 9.17) is 28.4 Å². The Morgan fingerprint density at radius 1 is 0.727 bits per heavy atom. The van der Waals surface area contributed by atoms with Crippen LogP contribution in [0.3, 0.4) is 0 Å². The van der Waals surface area contributed by atoms with E-state index in [2.05, 4.69) is 19.7 Å². The number of rotatable bonds is 19. The van der Waals surface area contributed by atoms with Crippen LogP contribution >= 0.6 is 0 Å². The van der Waals surface area contributed by atoms with E-state index in [1.54, 1.807) is 20.8 Å². The molecule has 0 aromatic carbocycles. The molecule has 0 aliphatic rings. The zero-order valence-electron chi connectivity index (χ0n) is 20.2. The number of ether oxygens (including phenoxy) is 6. The summed E-state index contributed by atoms with van der Waals surface area (Å²) in [5.74, 6) is -1.57. The monoisotopic (exact) mass is 470 g/mol. The van der Waals surface area contributed by atoms with Gasteiger partial charge in [0.1, 0.15) is 19.3 Å². The highest BCUT2D eigenvalue weighted by atomic mass is 16.6. The predicted octanol–water partition coefficient (Wildman–Crippen LogP) is 2.79. The van der Waals surface area contributed by atoms with E-state index in [9.17, 15) is 14.4 Å². The molecule has 188 valence electrons. The summed E-state index contributed by atoms with van der Waals surface area (Å²) in [6, 6.07) is 0. The lowest BCUT2D eigenvalue weighted by Gasteiger charge is -2.34. The number of hydrogen-bond donors (Lipinski definition) is 0. The molecule has 0 saturated heterocycles. The molecule has 0 radical (unpaired) electrons. The first-order chi connectivity index (χ1) is 15.6. The minimum absolute atomic E-state index is 0.0782. The van der Waals surface area contributed by atoms with Gasteiger partial charge in [0.15, 0.2) is 0 Å².